The lowest BCUT2D eigenvalue weighted by molar-refractivity contribution is -0.117. The van der Waals surface area contributed by atoms with Crippen LogP contribution >= 0.6 is 11.8 Å². The zero-order valence-corrected chi connectivity index (χ0v) is 9.39. The second-order valence-electron chi connectivity index (χ2n) is 3.93. The van der Waals surface area contributed by atoms with Crippen LogP contribution in [0.5, 0.6) is 0 Å². The van der Waals surface area contributed by atoms with Gasteiger partial charge in [0.15, 0.2) is 0 Å². The molecule has 1 aromatic rings. The molecule has 84 valence electrons. The first-order valence-electron chi connectivity index (χ1n) is 5.20. The van der Waals surface area contributed by atoms with E-state index in [9.17, 15) is 9.18 Å². The molecular formula is C11H11FN2OS. The van der Waals surface area contributed by atoms with Crippen molar-refractivity contribution in [2.45, 2.75) is 6.04 Å². The molecule has 0 aromatic heterocycles. The predicted molar refractivity (Wildman–Crippen MR) is 63.5 cm³/mol. The predicted octanol–water partition coefficient (Wildman–Crippen LogP) is 1.70. The first-order chi connectivity index (χ1) is 7.75. The summed E-state index contributed by atoms with van der Waals surface area (Å²) in [7, 11) is 0. The van der Waals surface area contributed by atoms with E-state index in [1.165, 1.54) is 12.1 Å². The van der Waals surface area contributed by atoms with E-state index in [1.807, 2.05) is 4.90 Å². The van der Waals surface area contributed by atoms with Crippen molar-refractivity contribution in [3.8, 4) is 0 Å². The van der Waals surface area contributed by atoms with Crippen LogP contribution in [0.2, 0.25) is 0 Å². The topological polar surface area (TPSA) is 32.3 Å². The van der Waals surface area contributed by atoms with Crippen LogP contribution in [0, 0.1) is 5.82 Å². The van der Waals surface area contributed by atoms with E-state index in [-0.39, 0.29) is 17.8 Å². The highest BCUT2D eigenvalue weighted by Crippen LogP contribution is 2.35. The molecule has 1 atom stereocenters. The van der Waals surface area contributed by atoms with E-state index in [0.717, 1.165) is 29.4 Å². The maximum atomic E-state index is 13.2. The second-order valence-corrected chi connectivity index (χ2v) is 5.08. The third-order valence-corrected chi connectivity index (χ3v) is 3.98. The Hall–Kier alpha value is -1.23. The van der Waals surface area contributed by atoms with Gasteiger partial charge in [-0.15, -0.1) is 0 Å². The molecule has 0 saturated carbocycles. The summed E-state index contributed by atoms with van der Waals surface area (Å²) in [5.41, 5.74) is 1.53. The highest BCUT2D eigenvalue weighted by Gasteiger charge is 2.34. The van der Waals surface area contributed by atoms with Gasteiger partial charge in [-0.1, -0.05) is 0 Å². The van der Waals surface area contributed by atoms with Crippen LogP contribution in [-0.4, -0.2) is 30.0 Å². The number of hydrogen-bond acceptors (Lipinski definition) is 3. The molecule has 0 radical (unpaired) electrons. The minimum Gasteiger partial charge on any atom is -0.356 e. The number of hydrogen-bond donors (Lipinski definition) is 1. The molecule has 1 amide bonds. The van der Waals surface area contributed by atoms with Gasteiger partial charge in [-0.05, 0) is 18.2 Å². The third-order valence-electron chi connectivity index (χ3n) is 2.96. The molecule has 0 spiro atoms. The number of anilines is 2. The molecule has 2 aliphatic rings. The number of rotatable bonds is 0. The van der Waals surface area contributed by atoms with Gasteiger partial charge in [0.1, 0.15) is 11.9 Å². The Balaban J connectivity index is 2.07. The molecule has 1 unspecified atom stereocenters. The average molecular weight is 238 g/mol. The minimum atomic E-state index is -0.258. The van der Waals surface area contributed by atoms with Crippen molar-refractivity contribution in [2.75, 3.05) is 28.3 Å². The number of carbonyl (C=O) groups is 1. The molecule has 2 heterocycles. The van der Waals surface area contributed by atoms with Crippen LogP contribution < -0.4 is 10.2 Å². The van der Waals surface area contributed by atoms with Crippen molar-refractivity contribution < 1.29 is 9.18 Å². The van der Waals surface area contributed by atoms with Gasteiger partial charge in [-0.25, -0.2) is 4.39 Å². The zero-order valence-electron chi connectivity index (χ0n) is 8.57. The Morgan fingerprint density at radius 3 is 3.25 bits per heavy atom. The van der Waals surface area contributed by atoms with Gasteiger partial charge in [-0.3, -0.25) is 4.79 Å². The fraction of sp³-hybridized carbons (Fsp3) is 0.364. The Morgan fingerprint density at radius 2 is 2.38 bits per heavy atom. The summed E-state index contributed by atoms with van der Waals surface area (Å²) in [6.07, 6.45) is 0. The highest BCUT2D eigenvalue weighted by atomic mass is 32.2. The smallest absolute Gasteiger partial charge is 0.247 e. The number of fused-ring (bicyclic) bond motifs is 3. The van der Waals surface area contributed by atoms with E-state index < -0.39 is 0 Å². The molecular weight excluding hydrogens is 227 g/mol. The Bertz CT molecular complexity index is 452. The number of carbonyl (C=O) groups excluding carboxylic acids is 1. The molecule has 5 heteroatoms. The number of nitrogens with one attached hydrogen (secondary N) is 1. The van der Waals surface area contributed by atoms with Crippen molar-refractivity contribution in [1.82, 2.24) is 0 Å². The summed E-state index contributed by atoms with van der Waals surface area (Å²) in [6.45, 7) is 0.805. The number of amides is 1. The lowest BCUT2D eigenvalue weighted by Gasteiger charge is -2.40. The number of nitrogens with zero attached hydrogens (tertiary/aromatic N) is 1. The van der Waals surface area contributed by atoms with Crippen LogP contribution in [0.1, 0.15) is 0 Å². The molecule has 16 heavy (non-hydrogen) atoms. The van der Waals surface area contributed by atoms with Crippen molar-refractivity contribution in [3.63, 3.8) is 0 Å². The van der Waals surface area contributed by atoms with Crippen molar-refractivity contribution in [2.24, 2.45) is 0 Å². The maximum absolute atomic E-state index is 13.2. The second kappa shape index (κ2) is 3.66. The lowest BCUT2D eigenvalue weighted by Crippen LogP contribution is -2.52. The maximum Gasteiger partial charge on any atom is 0.247 e. The Kier molecular flexibility index (Phi) is 2.28. The summed E-state index contributed by atoms with van der Waals surface area (Å²) < 4.78 is 13.2. The van der Waals surface area contributed by atoms with Crippen LogP contribution in [0.15, 0.2) is 18.2 Å². The van der Waals surface area contributed by atoms with Crippen LogP contribution in [0.3, 0.4) is 0 Å². The van der Waals surface area contributed by atoms with Gasteiger partial charge in [0.05, 0.1) is 11.4 Å². The number of benzene rings is 1. The summed E-state index contributed by atoms with van der Waals surface area (Å²) >= 11 is 1.77. The van der Waals surface area contributed by atoms with Gasteiger partial charge in [0.25, 0.3) is 0 Å². The van der Waals surface area contributed by atoms with E-state index in [1.54, 1.807) is 17.8 Å². The minimum absolute atomic E-state index is 0.0197. The first kappa shape index (κ1) is 9.96. The fourth-order valence-electron chi connectivity index (χ4n) is 2.17. The molecule has 2 aliphatic heterocycles. The van der Waals surface area contributed by atoms with Crippen LogP contribution in [0.4, 0.5) is 15.8 Å². The Morgan fingerprint density at radius 1 is 1.50 bits per heavy atom. The normalized spacial score (nSPS) is 23.4. The standard InChI is InChI=1S/C11H11FN2OS/c12-7-1-2-8-9(5-7)14-3-4-16-6-10(14)11(15)13-8/h1-2,5,10H,3-4,6H2,(H,13,15). The van der Waals surface area contributed by atoms with Gasteiger partial charge in [0.2, 0.25) is 5.91 Å². The molecule has 3 rings (SSSR count). The van der Waals surface area contributed by atoms with Crippen LogP contribution in [0.25, 0.3) is 0 Å². The first-order valence-corrected chi connectivity index (χ1v) is 6.36. The van der Waals surface area contributed by atoms with Crippen molar-refractivity contribution in [1.29, 1.82) is 0 Å². The number of thioether (sulfide) groups is 1. The van der Waals surface area contributed by atoms with Crippen LogP contribution in [-0.2, 0) is 4.79 Å². The summed E-state index contributed by atoms with van der Waals surface area (Å²) in [5.74, 6) is 1.53. The fourth-order valence-corrected chi connectivity index (χ4v) is 3.22. The van der Waals surface area contributed by atoms with Gasteiger partial charge >= 0.3 is 0 Å². The Labute approximate surface area is 97.0 Å². The molecule has 0 bridgehead atoms. The summed E-state index contributed by atoms with van der Waals surface area (Å²) in [5, 5.41) is 2.83. The van der Waals surface area contributed by atoms with Gasteiger partial charge < -0.3 is 10.2 Å². The monoisotopic (exact) mass is 238 g/mol. The lowest BCUT2D eigenvalue weighted by atomic mass is 10.1. The van der Waals surface area contributed by atoms with Gasteiger partial charge in [0, 0.05) is 18.1 Å². The zero-order chi connectivity index (χ0) is 11.1. The third kappa shape index (κ3) is 1.46. The largest absolute Gasteiger partial charge is 0.356 e. The van der Waals surface area contributed by atoms with E-state index >= 15 is 0 Å². The number of halogens is 1. The molecule has 1 N–H and O–H groups in total. The van der Waals surface area contributed by atoms with E-state index in [4.69, 9.17) is 0 Å². The molecule has 1 fully saturated rings. The van der Waals surface area contributed by atoms with Crippen molar-refractivity contribution >= 4 is 29.0 Å². The summed E-state index contributed by atoms with van der Waals surface area (Å²) in [4.78, 5) is 13.8. The molecule has 3 nitrogen and oxygen atoms in total. The van der Waals surface area contributed by atoms with E-state index in [0.29, 0.717) is 0 Å². The van der Waals surface area contributed by atoms with Crippen molar-refractivity contribution in [3.05, 3.63) is 24.0 Å². The SMILES string of the molecule is O=C1Nc2ccc(F)cc2N2CCSCC12. The average Bonchev–Trinajstić information content (AvgIpc) is 2.31. The highest BCUT2D eigenvalue weighted by molar-refractivity contribution is 7.99. The molecule has 0 aliphatic carbocycles. The molecule has 1 aromatic carbocycles. The van der Waals surface area contributed by atoms with Gasteiger partial charge in [-0.2, -0.15) is 11.8 Å². The van der Waals surface area contributed by atoms with E-state index in [2.05, 4.69) is 5.32 Å². The molecule has 1 saturated heterocycles. The summed E-state index contributed by atoms with van der Waals surface area (Å²) in [6, 6.07) is 4.35. The quantitative estimate of drug-likeness (QED) is 0.746.